The third-order valence-electron chi connectivity index (χ3n) is 0.553. The summed E-state index contributed by atoms with van der Waals surface area (Å²) in [6.07, 6.45) is -0.593. The van der Waals surface area contributed by atoms with Crippen LogP contribution in [0.25, 0.3) is 0 Å². The van der Waals surface area contributed by atoms with Gasteiger partial charge in [-0.05, 0) is 6.92 Å². The number of carboxylic acids is 2. The van der Waals surface area contributed by atoms with Gasteiger partial charge in [0.1, 0.15) is 0 Å². The molecule has 0 atom stereocenters. The molecule has 12 heavy (non-hydrogen) atoms. The molecule has 0 rings (SSSR count). The summed E-state index contributed by atoms with van der Waals surface area (Å²) >= 11 is 0. The Balaban J connectivity index is -0.0000000720. The Morgan fingerprint density at radius 3 is 1.42 bits per heavy atom. The molecule has 0 radical (unpaired) electrons. The van der Waals surface area contributed by atoms with E-state index in [2.05, 4.69) is 0 Å². The number of hydrogen-bond acceptors (Lipinski definition) is 3. The number of carbonyl (C=O) groups is 2. The summed E-state index contributed by atoms with van der Waals surface area (Å²) in [5, 5.41) is 23.4. The first-order valence-electron chi connectivity index (χ1n) is 3.09. The van der Waals surface area contributed by atoms with Crippen molar-refractivity contribution in [3.63, 3.8) is 0 Å². The van der Waals surface area contributed by atoms with Crippen LogP contribution in [0.3, 0.4) is 0 Å². The van der Waals surface area contributed by atoms with Crippen LogP contribution in [0.15, 0.2) is 0 Å². The van der Waals surface area contributed by atoms with Crippen LogP contribution in [-0.4, -0.2) is 33.9 Å². The molecule has 0 saturated heterocycles. The largest absolute Gasteiger partial charge is 1.00 e. The molecule has 0 spiro atoms. The zero-order chi connectivity index (χ0) is 9.28. The molecule has 3 N–H and O–H groups in total. The summed E-state index contributed by atoms with van der Waals surface area (Å²) in [6.45, 7) is 1.93. The maximum Gasteiger partial charge on any atom is 1.00 e. The minimum absolute atomic E-state index is 0. The molecule has 0 bridgehead atoms. The molecule has 0 aromatic heterocycles. The van der Waals surface area contributed by atoms with Gasteiger partial charge in [-0.1, -0.05) is 0 Å². The van der Waals surface area contributed by atoms with Crippen LogP contribution in [0, 0.1) is 0 Å². The molecule has 0 heterocycles. The van der Waals surface area contributed by atoms with Gasteiger partial charge in [0.2, 0.25) is 0 Å². The zero-order valence-corrected chi connectivity index (χ0v) is 9.28. The van der Waals surface area contributed by atoms with E-state index < -0.39 is 11.9 Å². The average Bonchev–Trinajstić information content (AvgIpc) is 1.85. The Kier molecular flexibility index (Phi) is 20.1. The van der Waals surface area contributed by atoms with Crippen molar-refractivity contribution in [1.82, 2.24) is 0 Å². The van der Waals surface area contributed by atoms with Crippen molar-refractivity contribution in [2.24, 2.45) is 0 Å². The van der Waals surface area contributed by atoms with Crippen molar-refractivity contribution in [2.75, 3.05) is 6.61 Å². The molecule has 6 heteroatoms. The first-order valence-corrected chi connectivity index (χ1v) is 3.09. The topological polar surface area (TPSA) is 94.8 Å². The van der Waals surface area contributed by atoms with Crippen molar-refractivity contribution < 1.29 is 55.9 Å². The summed E-state index contributed by atoms with van der Waals surface area (Å²) in [5.41, 5.74) is 0. The van der Waals surface area contributed by atoms with Crippen molar-refractivity contribution in [3.8, 4) is 0 Å². The quantitative estimate of drug-likeness (QED) is 0.412. The Morgan fingerprint density at radius 2 is 1.33 bits per heavy atom. The maximum atomic E-state index is 9.64. The third kappa shape index (κ3) is 32.7. The van der Waals surface area contributed by atoms with E-state index in [4.69, 9.17) is 15.3 Å². The number of carboxylic acid groups (broad SMARTS) is 2. The van der Waals surface area contributed by atoms with Gasteiger partial charge < -0.3 is 16.7 Å². The normalized spacial score (nSPS) is 7.17. The van der Waals surface area contributed by atoms with Gasteiger partial charge in [0, 0.05) is 6.61 Å². The second-order valence-corrected chi connectivity index (χ2v) is 1.60. The van der Waals surface area contributed by atoms with Gasteiger partial charge in [-0.3, -0.25) is 9.59 Å². The Bertz CT molecular complexity index is 116. The van der Waals surface area contributed by atoms with Crippen LogP contribution in [0.2, 0.25) is 0 Å². The number of rotatable bonds is 3. The minimum atomic E-state index is -1.08. The molecule has 0 aliphatic heterocycles. The van der Waals surface area contributed by atoms with E-state index in [1.165, 1.54) is 0 Å². The Labute approximate surface area is 94.2 Å². The molecule has 0 aromatic carbocycles. The van der Waals surface area contributed by atoms with E-state index >= 15 is 0 Å². The van der Waals surface area contributed by atoms with E-state index in [1.807, 2.05) is 0 Å². The fraction of sp³-hybridized carbons (Fsp3) is 0.667. The smallest absolute Gasteiger partial charge is 1.00 e. The number of hydrogen-bond donors (Lipinski definition) is 3. The van der Waals surface area contributed by atoms with Gasteiger partial charge in [-0.2, -0.15) is 0 Å². The molecule has 0 amide bonds. The first kappa shape index (κ1) is 17.8. The maximum absolute atomic E-state index is 9.64. The molecule has 0 fully saturated rings. The number of aliphatic hydroxyl groups is 1. The molecule has 0 aromatic rings. The second kappa shape index (κ2) is 13.5. The predicted octanol–water partition coefficient (Wildman–Crippen LogP) is -2.95. The first-order chi connectivity index (χ1) is 5.04. The predicted molar refractivity (Wildman–Crippen MR) is 38.4 cm³/mol. The Hall–Kier alpha value is -0.100. The molecule has 0 saturated carbocycles. The Morgan fingerprint density at radius 1 is 1.17 bits per heavy atom. The van der Waals surface area contributed by atoms with Gasteiger partial charge in [0.25, 0.3) is 0 Å². The summed E-state index contributed by atoms with van der Waals surface area (Å²) < 4.78 is 0. The number of aliphatic hydroxyl groups excluding tert-OH is 1. The summed E-state index contributed by atoms with van der Waals surface area (Å²) in [5.74, 6) is -2.15. The van der Waals surface area contributed by atoms with Crippen molar-refractivity contribution in [2.45, 2.75) is 19.8 Å². The SMILES string of the molecule is CCO.O=C(O)CCC(=O)O.[H-].[Na+]. The molecule has 5 nitrogen and oxygen atoms in total. The monoisotopic (exact) mass is 188 g/mol. The summed E-state index contributed by atoms with van der Waals surface area (Å²) in [6, 6.07) is 0. The van der Waals surface area contributed by atoms with Crippen LogP contribution in [0.1, 0.15) is 21.2 Å². The fourth-order valence-electron chi connectivity index (χ4n) is 0.214. The average molecular weight is 188 g/mol. The van der Waals surface area contributed by atoms with Crippen LogP contribution >= 0.6 is 0 Å². The van der Waals surface area contributed by atoms with Crippen molar-refractivity contribution in [1.29, 1.82) is 0 Å². The number of aliphatic carboxylic acids is 2. The van der Waals surface area contributed by atoms with E-state index in [9.17, 15) is 9.59 Å². The van der Waals surface area contributed by atoms with Crippen molar-refractivity contribution in [3.05, 3.63) is 0 Å². The van der Waals surface area contributed by atoms with E-state index in [0.29, 0.717) is 0 Å². The van der Waals surface area contributed by atoms with Crippen LogP contribution in [0.5, 0.6) is 0 Å². The second-order valence-electron chi connectivity index (χ2n) is 1.60. The van der Waals surface area contributed by atoms with Crippen LogP contribution < -0.4 is 29.6 Å². The van der Waals surface area contributed by atoms with E-state index in [-0.39, 0.29) is 50.4 Å². The van der Waals surface area contributed by atoms with Crippen LogP contribution in [-0.2, 0) is 9.59 Å². The molecule has 68 valence electrons. The van der Waals surface area contributed by atoms with Gasteiger partial charge in [0.15, 0.2) is 0 Å². The summed E-state index contributed by atoms with van der Waals surface area (Å²) in [7, 11) is 0. The summed E-state index contributed by atoms with van der Waals surface area (Å²) in [4.78, 5) is 19.3. The molecular weight excluding hydrogens is 175 g/mol. The molecule has 0 aliphatic carbocycles. The minimum Gasteiger partial charge on any atom is -1.00 e. The van der Waals surface area contributed by atoms with Gasteiger partial charge in [-0.15, -0.1) is 0 Å². The molecule has 0 aliphatic rings. The molecular formula is C6H13NaO5. The van der Waals surface area contributed by atoms with E-state index in [1.54, 1.807) is 6.92 Å². The standard InChI is InChI=1S/C4H6O4.C2H6O.Na.H/c5-3(6)1-2-4(7)8;1-2-3;;/h1-2H2,(H,5,6)(H,7,8);3H,2H2,1H3;;/q;;+1;-1. The van der Waals surface area contributed by atoms with Gasteiger partial charge in [-0.25, -0.2) is 0 Å². The van der Waals surface area contributed by atoms with E-state index in [0.717, 1.165) is 0 Å². The fourth-order valence-corrected chi connectivity index (χ4v) is 0.214. The zero-order valence-electron chi connectivity index (χ0n) is 8.28. The van der Waals surface area contributed by atoms with Crippen molar-refractivity contribution >= 4 is 11.9 Å². The van der Waals surface area contributed by atoms with Gasteiger partial charge in [0.05, 0.1) is 12.8 Å². The molecule has 0 unspecified atom stereocenters. The van der Waals surface area contributed by atoms with Crippen LogP contribution in [0.4, 0.5) is 0 Å². The third-order valence-corrected chi connectivity index (χ3v) is 0.553. The van der Waals surface area contributed by atoms with Gasteiger partial charge >= 0.3 is 41.5 Å².